The summed E-state index contributed by atoms with van der Waals surface area (Å²) in [5.74, 6) is 1.81. The van der Waals surface area contributed by atoms with Crippen LogP contribution < -0.4 is 5.32 Å². The highest BCUT2D eigenvalue weighted by Gasteiger charge is 2.35. The minimum Gasteiger partial charge on any atom is -0.316 e. The Balaban J connectivity index is 1.91. The lowest BCUT2D eigenvalue weighted by Gasteiger charge is -2.44. The van der Waals surface area contributed by atoms with Gasteiger partial charge in [-0.3, -0.25) is 0 Å². The second kappa shape index (κ2) is 7.08. The number of hydrogen-bond donors (Lipinski definition) is 1. The Morgan fingerprint density at radius 1 is 1.11 bits per heavy atom. The van der Waals surface area contributed by atoms with Gasteiger partial charge in [0, 0.05) is 19.6 Å². The first-order chi connectivity index (χ1) is 9.15. The molecule has 0 bridgehead atoms. The van der Waals surface area contributed by atoms with Crippen molar-refractivity contribution >= 4 is 0 Å². The molecule has 1 N–H and O–H groups in total. The summed E-state index contributed by atoms with van der Waals surface area (Å²) in [5, 5.41) is 3.64. The number of rotatable bonds is 5. The van der Waals surface area contributed by atoms with Crippen molar-refractivity contribution in [1.29, 1.82) is 0 Å². The predicted molar refractivity (Wildman–Crippen MR) is 83.4 cm³/mol. The van der Waals surface area contributed by atoms with Crippen LogP contribution in [0, 0.1) is 17.3 Å². The van der Waals surface area contributed by atoms with Crippen molar-refractivity contribution in [2.75, 3.05) is 32.7 Å². The summed E-state index contributed by atoms with van der Waals surface area (Å²) in [6.45, 7) is 13.5. The summed E-state index contributed by atoms with van der Waals surface area (Å²) >= 11 is 0. The van der Waals surface area contributed by atoms with Crippen LogP contribution in [0.15, 0.2) is 0 Å². The molecule has 2 heteroatoms. The average molecular weight is 266 g/mol. The third-order valence-corrected chi connectivity index (χ3v) is 5.64. The van der Waals surface area contributed by atoms with Crippen LogP contribution in [0.4, 0.5) is 0 Å². The quantitative estimate of drug-likeness (QED) is 0.819. The van der Waals surface area contributed by atoms with Gasteiger partial charge in [-0.05, 0) is 49.6 Å². The Bertz CT molecular complexity index is 258. The topological polar surface area (TPSA) is 15.3 Å². The summed E-state index contributed by atoms with van der Waals surface area (Å²) in [6, 6.07) is 0. The molecule has 0 amide bonds. The van der Waals surface area contributed by atoms with Crippen molar-refractivity contribution in [3.63, 3.8) is 0 Å². The van der Waals surface area contributed by atoms with E-state index in [0.29, 0.717) is 5.41 Å². The van der Waals surface area contributed by atoms with Gasteiger partial charge in [-0.25, -0.2) is 0 Å². The maximum atomic E-state index is 3.64. The minimum atomic E-state index is 0.578. The van der Waals surface area contributed by atoms with Gasteiger partial charge in [-0.2, -0.15) is 0 Å². The van der Waals surface area contributed by atoms with E-state index in [9.17, 15) is 0 Å². The number of nitrogens with one attached hydrogen (secondary N) is 1. The molecule has 112 valence electrons. The van der Waals surface area contributed by atoms with E-state index >= 15 is 0 Å². The monoisotopic (exact) mass is 266 g/mol. The zero-order chi connectivity index (χ0) is 13.7. The van der Waals surface area contributed by atoms with Crippen LogP contribution in [-0.4, -0.2) is 37.6 Å². The molecule has 19 heavy (non-hydrogen) atoms. The van der Waals surface area contributed by atoms with Crippen LogP contribution in [0.25, 0.3) is 0 Å². The van der Waals surface area contributed by atoms with Crippen LogP contribution in [0.3, 0.4) is 0 Å². The fourth-order valence-electron chi connectivity index (χ4n) is 4.05. The summed E-state index contributed by atoms with van der Waals surface area (Å²) in [6.07, 6.45) is 8.65. The zero-order valence-electron chi connectivity index (χ0n) is 13.4. The third kappa shape index (κ3) is 4.19. The van der Waals surface area contributed by atoms with Crippen molar-refractivity contribution in [2.45, 2.75) is 59.3 Å². The number of piperidine rings is 1. The second-order valence-corrected chi connectivity index (χ2v) is 7.32. The molecule has 0 aromatic carbocycles. The Morgan fingerprint density at radius 2 is 1.84 bits per heavy atom. The zero-order valence-corrected chi connectivity index (χ0v) is 13.4. The molecule has 0 aromatic rings. The van der Waals surface area contributed by atoms with Crippen molar-refractivity contribution in [1.82, 2.24) is 10.2 Å². The number of hydrogen-bond acceptors (Lipinski definition) is 2. The standard InChI is InChI=1S/C17H34N2/c1-4-18-13-17(9-6-5-7-10-17)14-19-11-8-15(2)16(3)12-19/h15-16,18H,4-14H2,1-3H3. The average Bonchev–Trinajstić information content (AvgIpc) is 2.42. The fraction of sp³-hybridized carbons (Fsp3) is 1.00. The Hall–Kier alpha value is -0.0800. The second-order valence-electron chi connectivity index (χ2n) is 7.32. The molecular formula is C17H34N2. The molecule has 2 fully saturated rings. The molecular weight excluding hydrogens is 232 g/mol. The Kier molecular flexibility index (Phi) is 5.70. The van der Waals surface area contributed by atoms with Crippen LogP contribution in [0.1, 0.15) is 59.3 Å². The molecule has 0 radical (unpaired) electrons. The Labute approximate surface area is 120 Å². The maximum Gasteiger partial charge on any atom is 0.00503 e. The van der Waals surface area contributed by atoms with E-state index < -0.39 is 0 Å². The molecule has 0 aromatic heterocycles. The third-order valence-electron chi connectivity index (χ3n) is 5.64. The van der Waals surface area contributed by atoms with Crippen molar-refractivity contribution in [3.8, 4) is 0 Å². The van der Waals surface area contributed by atoms with Gasteiger partial charge in [0.15, 0.2) is 0 Å². The highest BCUT2D eigenvalue weighted by atomic mass is 15.1. The van der Waals surface area contributed by atoms with E-state index in [-0.39, 0.29) is 0 Å². The summed E-state index contributed by atoms with van der Waals surface area (Å²) < 4.78 is 0. The molecule has 2 nitrogen and oxygen atoms in total. The molecule has 2 aliphatic rings. The smallest absolute Gasteiger partial charge is 0.00503 e. The minimum absolute atomic E-state index is 0.578. The van der Waals surface area contributed by atoms with Gasteiger partial charge < -0.3 is 10.2 Å². The van der Waals surface area contributed by atoms with E-state index in [1.807, 2.05) is 0 Å². The van der Waals surface area contributed by atoms with Crippen LogP contribution in [0.5, 0.6) is 0 Å². The van der Waals surface area contributed by atoms with Gasteiger partial charge in [0.25, 0.3) is 0 Å². The first-order valence-corrected chi connectivity index (χ1v) is 8.58. The summed E-state index contributed by atoms with van der Waals surface area (Å²) in [5.41, 5.74) is 0.578. The molecule has 1 saturated heterocycles. The highest BCUT2D eigenvalue weighted by molar-refractivity contribution is 4.89. The van der Waals surface area contributed by atoms with Crippen molar-refractivity contribution in [2.24, 2.45) is 17.3 Å². The van der Waals surface area contributed by atoms with E-state index in [0.717, 1.165) is 18.4 Å². The largest absolute Gasteiger partial charge is 0.316 e. The van der Waals surface area contributed by atoms with E-state index in [1.165, 1.54) is 64.7 Å². The molecule has 2 rings (SSSR count). The number of nitrogens with zero attached hydrogens (tertiary/aromatic N) is 1. The van der Waals surface area contributed by atoms with Crippen LogP contribution in [0.2, 0.25) is 0 Å². The van der Waals surface area contributed by atoms with E-state index in [1.54, 1.807) is 0 Å². The SMILES string of the molecule is CCNCC1(CN2CCC(C)C(C)C2)CCCCC1. The fourth-order valence-corrected chi connectivity index (χ4v) is 4.05. The number of likely N-dealkylation sites (tertiary alicyclic amines) is 1. The summed E-state index contributed by atoms with van der Waals surface area (Å²) in [7, 11) is 0. The van der Waals surface area contributed by atoms with Crippen molar-refractivity contribution < 1.29 is 0 Å². The normalized spacial score (nSPS) is 32.4. The van der Waals surface area contributed by atoms with Gasteiger partial charge in [0.2, 0.25) is 0 Å². The van der Waals surface area contributed by atoms with Crippen LogP contribution >= 0.6 is 0 Å². The van der Waals surface area contributed by atoms with Gasteiger partial charge in [-0.15, -0.1) is 0 Å². The van der Waals surface area contributed by atoms with Gasteiger partial charge in [0.1, 0.15) is 0 Å². The summed E-state index contributed by atoms with van der Waals surface area (Å²) in [4.78, 5) is 2.77. The lowest BCUT2D eigenvalue weighted by Crippen LogP contribution is -2.49. The van der Waals surface area contributed by atoms with Gasteiger partial charge >= 0.3 is 0 Å². The lowest BCUT2D eigenvalue weighted by molar-refractivity contribution is 0.0595. The molecule has 1 aliphatic carbocycles. The molecule has 2 atom stereocenters. The first-order valence-electron chi connectivity index (χ1n) is 8.58. The molecule has 0 spiro atoms. The molecule has 1 saturated carbocycles. The Morgan fingerprint density at radius 3 is 2.47 bits per heavy atom. The highest BCUT2D eigenvalue weighted by Crippen LogP contribution is 2.37. The molecule has 1 aliphatic heterocycles. The molecule has 2 unspecified atom stereocenters. The first kappa shape index (κ1) is 15.3. The van der Waals surface area contributed by atoms with Gasteiger partial charge in [-0.1, -0.05) is 40.0 Å². The van der Waals surface area contributed by atoms with Crippen LogP contribution in [-0.2, 0) is 0 Å². The lowest BCUT2D eigenvalue weighted by atomic mass is 9.73. The van der Waals surface area contributed by atoms with E-state index in [4.69, 9.17) is 0 Å². The van der Waals surface area contributed by atoms with Crippen molar-refractivity contribution in [3.05, 3.63) is 0 Å². The van der Waals surface area contributed by atoms with E-state index in [2.05, 4.69) is 31.0 Å². The maximum absolute atomic E-state index is 3.64. The predicted octanol–water partition coefficient (Wildman–Crippen LogP) is 3.52. The van der Waals surface area contributed by atoms with Gasteiger partial charge in [0.05, 0.1) is 0 Å². The molecule has 1 heterocycles.